The number of anilines is 1. The molecule has 0 spiro atoms. The first kappa shape index (κ1) is 15.9. The van der Waals surface area contributed by atoms with Crippen LogP contribution in [-0.4, -0.2) is 28.6 Å². The minimum Gasteiger partial charge on any atom is -0.348 e. The summed E-state index contributed by atoms with van der Waals surface area (Å²) in [5.74, 6) is -0.710. The van der Waals surface area contributed by atoms with Crippen molar-refractivity contribution in [2.75, 3.05) is 5.32 Å². The fraction of sp³-hybridized carbons (Fsp3) is 0.222. The van der Waals surface area contributed by atoms with Gasteiger partial charge in [0.15, 0.2) is 5.78 Å². The second kappa shape index (κ2) is 6.62. The van der Waals surface area contributed by atoms with Crippen LogP contribution >= 0.6 is 0 Å². The minimum atomic E-state index is -0.362. The topological polar surface area (TPSA) is 88.2 Å². The van der Waals surface area contributed by atoms with Gasteiger partial charge in [0.1, 0.15) is 5.69 Å². The van der Waals surface area contributed by atoms with Crippen LogP contribution in [0.3, 0.4) is 0 Å². The number of nitrogens with zero attached hydrogens (tertiary/aromatic N) is 1. The number of rotatable bonds is 5. The van der Waals surface area contributed by atoms with Crippen molar-refractivity contribution in [2.24, 2.45) is 0 Å². The van der Waals surface area contributed by atoms with Crippen molar-refractivity contribution in [3.8, 4) is 0 Å². The van der Waals surface area contributed by atoms with Crippen LogP contribution in [-0.2, 0) is 0 Å². The van der Waals surface area contributed by atoms with Crippen molar-refractivity contribution in [1.29, 1.82) is 0 Å². The molecule has 1 aliphatic carbocycles. The highest BCUT2D eigenvalue weighted by atomic mass is 16.2. The number of benzene rings is 1. The second-order valence-electron chi connectivity index (χ2n) is 5.77. The van der Waals surface area contributed by atoms with Crippen LogP contribution in [0.2, 0.25) is 0 Å². The highest BCUT2D eigenvalue weighted by molar-refractivity contribution is 6.06. The highest BCUT2D eigenvalue weighted by Crippen LogP contribution is 2.19. The van der Waals surface area contributed by atoms with E-state index in [0.29, 0.717) is 16.8 Å². The first-order valence-electron chi connectivity index (χ1n) is 7.72. The zero-order valence-corrected chi connectivity index (χ0v) is 13.2. The van der Waals surface area contributed by atoms with Crippen LogP contribution < -0.4 is 10.6 Å². The van der Waals surface area contributed by atoms with E-state index in [1.807, 2.05) is 0 Å². The monoisotopic (exact) mass is 323 g/mol. The standard InChI is InChI=1S/C18H17N3O3/c1-11(22)12-3-2-4-15(9-12)21-17(23)13-7-8-19-16(10-13)18(24)20-14-5-6-14/h2-4,7-10,14H,5-6H2,1H3,(H,20,24)(H,21,23). The fourth-order valence-electron chi connectivity index (χ4n) is 2.20. The lowest BCUT2D eigenvalue weighted by molar-refractivity contribution is 0.0945. The molecule has 0 bridgehead atoms. The van der Waals surface area contributed by atoms with E-state index in [4.69, 9.17) is 0 Å². The number of amides is 2. The first-order valence-corrected chi connectivity index (χ1v) is 7.72. The Bertz CT molecular complexity index is 813. The molecule has 122 valence electrons. The Morgan fingerprint density at radius 1 is 1.04 bits per heavy atom. The summed E-state index contributed by atoms with van der Waals surface area (Å²) in [6.45, 7) is 1.47. The summed E-state index contributed by atoms with van der Waals surface area (Å²) in [6.07, 6.45) is 3.40. The summed E-state index contributed by atoms with van der Waals surface area (Å²) in [5, 5.41) is 5.56. The third kappa shape index (κ3) is 3.84. The molecular weight excluding hydrogens is 306 g/mol. The molecule has 6 heteroatoms. The zero-order chi connectivity index (χ0) is 17.1. The molecule has 1 aromatic heterocycles. The Balaban J connectivity index is 1.73. The van der Waals surface area contributed by atoms with Crippen LogP contribution in [0.25, 0.3) is 0 Å². The summed E-state index contributed by atoms with van der Waals surface area (Å²) in [6, 6.07) is 9.93. The molecule has 1 aromatic carbocycles. The minimum absolute atomic E-state index is 0.0750. The maximum Gasteiger partial charge on any atom is 0.270 e. The van der Waals surface area contributed by atoms with Gasteiger partial charge in [0.25, 0.3) is 11.8 Å². The Labute approximate surface area is 139 Å². The van der Waals surface area contributed by atoms with Gasteiger partial charge in [0.2, 0.25) is 0 Å². The SMILES string of the molecule is CC(=O)c1cccc(NC(=O)c2ccnc(C(=O)NC3CC3)c2)c1. The molecule has 0 atom stereocenters. The number of Topliss-reactive ketones (excluding diaryl/α,β-unsaturated/α-hetero) is 1. The number of carbonyl (C=O) groups is 3. The molecule has 6 nitrogen and oxygen atoms in total. The fourth-order valence-corrected chi connectivity index (χ4v) is 2.20. The lowest BCUT2D eigenvalue weighted by Gasteiger charge is -2.08. The average molecular weight is 323 g/mol. The molecule has 2 amide bonds. The molecule has 1 saturated carbocycles. The van der Waals surface area contributed by atoms with Crippen molar-refractivity contribution in [2.45, 2.75) is 25.8 Å². The molecule has 1 heterocycles. The first-order chi connectivity index (χ1) is 11.5. The number of carbonyl (C=O) groups excluding carboxylic acids is 3. The van der Waals surface area contributed by atoms with Crippen LogP contribution in [0.5, 0.6) is 0 Å². The van der Waals surface area contributed by atoms with E-state index in [0.717, 1.165) is 12.8 Å². The quantitative estimate of drug-likeness (QED) is 0.827. The molecule has 0 radical (unpaired) electrons. The predicted molar refractivity (Wildman–Crippen MR) is 89.1 cm³/mol. The van der Waals surface area contributed by atoms with Crippen molar-refractivity contribution >= 4 is 23.3 Å². The third-order valence-electron chi connectivity index (χ3n) is 3.69. The summed E-state index contributed by atoms with van der Waals surface area (Å²) in [7, 11) is 0. The van der Waals surface area contributed by atoms with Gasteiger partial charge in [-0.05, 0) is 44.0 Å². The van der Waals surface area contributed by atoms with Crippen molar-refractivity contribution in [1.82, 2.24) is 10.3 Å². The van der Waals surface area contributed by atoms with Crippen molar-refractivity contribution in [3.05, 3.63) is 59.4 Å². The van der Waals surface area contributed by atoms with Gasteiger partial charge < -0.3 is 10.6 Å². The predicted octanol–water partition coefficient (Wildman–Crippen LogP) is 2.43. The molecule has 0 saturated heterocycles. The summed E-state index contributed by atoms with van der Waals surface area (Å²) in [4.78, 5) is 39.8. The van der Waals surface area contributed by atoms with E-state index in [-0.39, 0.29) is 29.3 Å². The number of ketones is 1. The van der Waals surface area contributed by atoms with E-state index in [2.05, 4.69) is 15.6 Å². The van der Waals surface area contributed by atoms with E-state index in [9.17, 15) is 14.4 Å². The van der Waals surface area contributed by atoms with E-state index < -0.39 is 0 Å². The Morgan fingerprint density at radius 2 is 1.83 bits per heavy atom. The van der Waals surface area contributed by atoms with E-state index in [1.54, 1.807) is 24.3 Å². The normalized spacial score (nSPS) is 13.2. The lowest BCUT2D eigenvalue weighted by Crippen LogP contribution is -2.26. The lowest BCUT2D eigenvalue weighted by atomic mass is 10.1. The Morgan fingerprint density at radius 3 is 2.54 bits per heavy atom. The highest BCUT2D eigenvalue weighted by Gasteiger charge is 2.24. The van der Waals surface area contributed by atoms with Crippen molar-refractivity contribution < 1.29 is 14.4 Å². The van der Waals surface area contributed by atoms with Crippen LogP contribution in [0, 0.1) is 0 Å². The maximum absolute atomic E-state index is 12.3. The van der Waals surface area contributed by atoms with Gasteiger partial charge in [-0.2, -0.15) is 0 Å². The third-order valence-corrected chi connectivity index (χ3v) is 3.69. The number of aromatic nitrogens is 1. The second-order valence-corrected chi connectivity index (χ2v) is 5.77. The summed E-state index contributed by atoms with van der Waals surface area (Å²) < 4.78 is 0. The molecule has 1 fully saturated rings. The summed E-state index contributed by atoms with van der Waals surface area (Å²) >= 11 is 0. The van der Waals surface area contributed by atoms with Gasteiger partial charge in [-0.1, -0.05) is 12.1 Å². The van der Waals surface area contributed by atoms with Crippen LogP contribution in [0.1, 0.15) is 51.0 Å². The van der Waals surface area contributed by atoms with Gasteiger partial charge in [0.05, 0.1) is 0 Å². The van der Waals surface area contributed by atoms with Crippen LogP contribution in [0.4, 0.5) is 5.69 Å². The maximum atomic E-state index is 12.3. The smallest absolute Gasteiger partial charge is 0.270 e. The van der Waals surface area contributed by atoms with E-state index >= 15 is 0 Å². The molecule has 0 aliphatic heterocycles. The number of pyridine rings is 1. The Kier molecular flexibility index (Phi) is 4.37. The number of nitrogens with one attached hydrogen (secondary N) is 2. The van der Waals surface area contributed by atoms with Gasteiger partial charge in [-0.3, -0.25) is 19.4 Å². The average Bonchev–Trinajstić information content (AvgIpc) is 3.39. The van der Waals surface area contributed by atoms with Gasteiger partial charge in [0, 0.05) is 29.1 Å². The van der Waals surface area contributed by atoms with Crippen molar-refractivity contribution in [3.63, 3.8) is 0 Å². The zero-order valence-electron chi connectivity index (χ0n) is 13.2. The molecule has 0 unspecified atom stereocenters. The van der Waals surface area contributed by atoms with Crippen LogP contribution in [0.15, 0.2) is 42.6 Å². The molecular formula is C18H17N3O3. The number of hydrogen-bond acceptors (Lipinski definition) is 4. The molecule has 1 aliphatic rings. The summed E-state index contributed by atoms with van der Waals surface area (Å²) in [5.41, 5.74) is 1.59. The van der Waals surface area contributed by atoms with E-state index in [1.165, 1.54) is 25.3 Å². The Hall–Kier alpha value is -3.02. The van der Waals surface area contributed by atoms with Gasteiger partial charge >= 0.3 is 0 Å². The molecule has 24 heavy (non-hydrogen) atoms. The van der Waals surface area contributed by atoms with Gasteiger partial charge in [-0.15, -0.1) is 0 Å². The van der Waals surface area contributed by atoms with Gasteiger partial charge in [-0.25, -0.2) is 0 Å². The molecule has 2 N–H and O–H groups in total. The molecule has 2 aromatic rings. The largest absolute Gasteiger partial charge is 0.348 e. The molecule has 3 rings (SSSR count). The number of hydrogen-bond donors (Lipinski definition) is 2.